The lowest BCUT2D eigenvalue weighted by atomic mass is 9.87. The van der Waals surface area contributed by atoms with Crippen LogP contribution >= 0.6 is 0 Å². The van der Waals surface area contributed by atoms with Gasteiger partial charge in [-0.15, -0.1) is 0 Å². The van der Waals surface area contributed by atoms with Crippen molar-refractivity contribution in [1.29, 1.82) is 0 Å². The van der Waals surface area contributed by atoms with Crippen molar-refractivity contribution in [3.8, 4) is 5.75 Å². The highest BCUT2D eigenvalue weighted by Crippen LogP contribution is 2.50. The molecule has 1 aliphatic rings. The van der Waals surface area contributed by atoms with Crippen LogP contribution in [0.3, 0.4) is 0 Å². The average molecular weight is 405 g/mol. The molecule has 2 rings (SSSR count). The zero-order chi connectivity index (χ0) is 21.5. The van der Waals surface area contributed by atoms with Crippen LogP contribution in [0.25, 0.3) is 0 Å². The van der Waals surface area contributed by atoms with Crippen LogP contribution in [0.15, 0.2) is 18.2 Å². The number of hydrogen-bond acceptors (Lipinski definition) is 3. The van der Waals surface area contributed by atoms with Crippen molar-refractivity contribution in [2.45, 2.75) is 90.9 Å². The second-order valence-corrected chi connectivity index (χ2v) is 9.35. The lowest BCUT2D eigenvalue weighted by Crippen LogP contribution is -2.23. The van der Waals surface area contributed by atoms with Crippen LogP contribution in [0.5, 0.6) is 5.75 Å². The van der Waals surface area contributed by atoms with Crippen LogP contribution in [0.1, 0.15) is 89.2 Å². The highest BCUT2D eigenvalue weighted by molar-refractivity contribution is 5.77. The predicted molar refractivity (Wildman–Crippen MR) is 113 cm³/mol. The number of phenols is 1. The number of benzene rings is 1. The number of phenolic OH excluding ortho intramolecular Hbond substituents is 1. The summed E-state index contributed by atoms with van der Waals surface area (Å²) in [6.45, 7) is 3.54. The van der Waals surface area contributed by atoms with Crippen LogP contribution in [-0.2, 0) is 22.4 Å². The van der Waals surface area contributed by atoms with Gasteiger partial charge in [0.1, 0.15) is 5.75 Å². The lowest BCUT2D eigenvalue weighted by molar-refractivity contribution is -0.147. The fourth-order valence-corrected chi connectivity index (χ4v) is 3.93. The average Bonchev–Trinajstić information content (AvgIpc) is 3.43. The van der Waals surface area contributed by atoms with Crippen LogP contribution in [0.4, 0.5) is 0 Å². The predicted octanol–water partition coefficient (Wildman–Crippen LogP) is 5.57. The number of aromatic hydroxyl groups is 1. The molecular formula is C24H36O5. The molecule has 0 atom stereocenters. The summed E-state index contributed by atoms with van der Waals surface area (Å²) < 4.78 is 0. The summed E-state index contributed by atoms with van der Waals surface area (Å²) in [5.41, 5.74) is 1.34. The minimum atomic E-state index is -0.747. The van der Waals surface area contributed by atoms with Gasteiger partial charge in [-0.1, -0.05) is 31.7 Å². The number of aliphatic carboxylic acids is 2. The van der Waals surface area contributed by atoms with Gasteiger partial charge in [0.2, 0.25) is 0 Å². The standard InChI is InChI=1S/C24H36O5/c1-23(2,21(26)27)13-7-3-6-10-19-17-20(25)12-11-18(19)9-5-4-8-14-24(15-16-24)22(28)29/h11-12,17,25H,3-10,13-16H2,1-2H3,(H,26,27)(H,28,29). The first kappa shape index (κ1) is 23.2. The van der Waals surface area contributed by atoms with Gasteiger partial charge in [-0.2, -0.15) is 0 Å². The van der Waals surface area contributed by atoms with Gasteiger partial charge >= 0.3 is 11.9 Å². The molecule has 0 aromatic heterocycles. The molecule has 1 fully saturated rings. The van der Waals surface area contributed by atoms with E-state index in [2.05, 4.69) is 0 Å². The van der Waals surface area contributed by atoms with Crippen LogP contribution in [-0.4, -0.2) is 27.3 Å². The molecule has 1 aromatic carbocycles. The van der Waals surface area contributed by atoms with Crippen molar-refractivity contribution in [3.63, 3.8) is 0 Å². The molecule has 0 amide bonds. The van der Waals surface area contributed by atoms with Gasteiger partial charge in [-0.05, 0) is 88.5 Å². The monoisotopic (exact) mass is 404 g/mol. The van der Waals surface area contributed by atoms with E-state index in [1.165, 1.54) is 11.1 Å². The van der Waals surface area contributed by atoms with E-state index in [-0.39, 0.29) is 5.75 Å². The van der Waals surface area contributed by atoms with Crippen molar-refractivity contribution in [3.05, 3.63) is 29.3 Å². The molecule has 0 bridgehead atoms. The summed E-state index contributed by atoms with van der Waals surface area (Å²) in [5, 5.41) is 28.3. The van der Waals surface area contributed by atoms with E-state index in [4.69, 9.17) is 0 Å². The Labute approximate surface area is 174 Å². The largest absolute Gasteiger partial charge is 0.508 e. The van der Waals surface area contributed by atoms with Gasteiger partial charge in [0.15, 0.2) is 0 Å². The number of carboxylic acids is 2. The lowest BCUT2D eigenvalue weighted by Gasteiger charge is -2.18. The molecule has 0 saturated heterocycles. The molecule has 1 aromatic rings. The first-order chi connectivity index (χ1) is 13.7. The molecule has 29 heavy (non-hydrogen) atoms. The van der Waals surface area contributed by atoms with E-state index in [0.717, 1.165) is 70.6 Å². The first-order valence-corrected chi connectivity index (χ1v) is 10.9. The molecule has 0 radical (unpaired) electrons. The Morgan fingerprint density at radius 1 is 0.931 bits per heavy atom. The summed E-state index contributed by atoms with van der Waals surface area (Å²) in [6.07, 6.45) is 10.8. The molecule has 3 N–H and O–H groups in total. The fraction of sp³-hybridized carbons (Fsp3) is 0.667. The van der Waals surface area contributed by atoms with E-state index in [9.17, 15) is 24.9 Å². The number of unbranched alkanes of at least 4 members (excludes halogenated alkanes) is 4. The van der Waals surface area contributed by atoms with Crippen molar-refractivity contribution < 1.29 is 24.9 Å². The third-order valence-corrected chi connectivity index (χ3v) is 6.43. The molecule has 5 nitrogen and oxygen atoms in total. The molecule has 0 unspecified atom stereocenters. The van der Waals surface area contributed by atoms with Crippen molar-refractivity contribution in [1.82, 2.24) is 0 Å². The van der Waals surface area contributed by atoms with E-state index < -0.39 is 22.8 Å². The summed E-state index contributed by atoms with van der Waals surface area (Å²) in [5.74, 6) is -1.10. The normalized spacial score (nSPS) is 15.2. The summed E-state index contributed by atoms with van der Waals surface area (Å²) in [7, 11) is 0. The molecule has 1 saturated carbocycles. The van der Waals surface area contributed by atoms with Crippen molar-refractivity contribution in [2.75, 3.05) is 0 Å². The number of rotatable bonds is 14. The SMILES string of the molecule is CC(C)(CCCCCc1cc(O)ccc1CCCCCC1(C(=O)O)CC1)C(=O)O. The van der Waals surface area contributed by atoms with Crippen molar-refractivity contribution >= 4 is 11.9 Å². The molecule has 0 aliphatic heterocycles. The van der Waals surface area contributed by atoms with E-state index in [1.807, 2.05) is 12.1 Å². The maximum Gasteiger partial charge on any atom is 0.309 e. The van der Waals surface area contributed by atoms with E-state index in [1.54, 1.807) is 19.9 Å². The highest BCUT2D eigenvalue weighted by atomic mass is 16.4. The summed E-state index contributed by atoms with van der Waals surface area (Å²) in [6, 6.07) is 5.58. The zero-order valence-corrected chi connectivity index (χ0v) is 17.9. The van der Waals surface area contributed by atoms with Crippen LogP contribution in [0, 0.1) is 10.8 Å². The quantitative estimate of drug-likeness (QED) is 0.352. The zero-order valence-electron chi connectivity index (χ0n) is 17.9. The van der Waals surface area contributed by atoms with Gasteiger partial charge < -0.3 is 15.3 Å². The molecule has 0 spiro atoms. The number of carboxylic acid groups (broad SMARTS) is 2. The van der Waals surface area contributed by atoms with Crippen LogP contribution in [0.2, 0.25) is 0 Å². The van der Waals surface area contributed by atoms with Gasteiger partial charge in [-0.25, -0.2) is 0 Å². The Hall–Kier alpha value is -2.04. The van der Waals surface area contributed by atoms with Gasteiger partial charge in [0.05, 0.1) is 10.8 Å². The summed E-state index contributed by atoms with van der Waals surface area (Å²) in [4.78, 5) is 22.4. The summed E-state index contributed by atoms with van der Waals surface area (Å²) >= 11 is 0. The van der Waals surface area contributed by atoms with E-state index in [0.29, 0.717) is 6.42 Å². The van der Waals surface area contributed by atoms with Gasteiger partial charge in [-0.3, -0.25) is 9.59 Å². The molecule has 5 heteroatoms. The Bertz CT molecular complexity index is 703. The molecule has 162 valence electrons. The highest BCUT2D eigenvalue weighted by Gasteiger charge is 2.49. The van der Waals surface area contributed by atoms with Crippen LogP contribution < -0.4 is 0 Å². The minimum absolute atomic E-state index is 0.285. The second kappa shape index (κ2) is 10.1. The first-order valence-electron chi connectivity index (χ1n) is 10.9. The maximum absolute atomic E-state index is 11.2. The van der Waals surface area contributed by atoms with Gasteiger partial charge in [0, 0.05) is 0 Å². The Kier molecular flexibility index (Phi) is 8.12. The smallest absolute Gasteiger partial charge is 0.309 e. The molecular weight excluding hydrogens is 368 g/mol. The number of carbonyl (C=O) groups is 2. The van der Waals surface area contributed by atoms with Crippen molar-refractivity contribution in [2.24, 2.45) is 10.8 Å². The maximum atomic E-state index is 11.2. The minimum Gasteiger partial charge on any atom is -0.508 e. The van der Waals surface area contributed by atoms with E-state index >= 15 is 0 Å². The third-order valence-electron chi connectivity index (χ3n) is 6.43. The number of hydrogen-bond donors (Lipinski definition) is 3. The third kappa shape index (κ3) is 7.06. The fourth-order valence-electron chi connectivity index (χ4n) is 3.93. The Balaban J connectivity index is 1.72. The number of aryl methyl sites for hydroxylation is 2. The molecule has 1 aliphatic carbocycles. The van der Waals surface area contributed by atoms with Gasteiger partial charge in [0.25, 0.3) is 0 Å². The second-order valence-electron chi connectivity index (χ2n) is 9.35. The topological polar surface area (TPSA) is 94.8 Å². The Morgan fingerprint density at radius 3 is 2.14 bits per heavy atom. The molecule has 0 heterocycles. The Morgan fingerprint density at radius 2 is 1.55 bits per heavy atom.